The second kappa shape index (κ2) is 6.80. The van der Waals surface area contributed by atoms with E-state index in [4.69, 9.17) is 5.14 Å². The minimum Gasteiger partial charge on any atom is -0.478 e. The van der Waals surface area contributed by atoms with Gasteiger partial charge in [0.1, 0.15) is 0 Å². The number of carboxylic acids is 1. The van der Waals surface area contributed by atoms with Crippen LogP contribution in [-0.2, 0) is 16.4 Å². The minimum absolute atomic E-state index is 0.118. The first-order valence-corrected chi connectivity index (χ1v) is 8.58. The highest BCUT2D eigenvalue weighted by molar-refractivity contribution is 7.89. The van der Waals surface area contributed by atoms with Crippen LogP contribution in [-0.4, -0.2) is 26.0 Å². The SMILES string of the molecule is CCNc1cc(Cc2ccccc2)c(S(N)(=O)=O)cc1C(=O)O. The number of carboxylic acid groups (broad SMARTS) is 1. The van der Waals surface area contributed by atoms with E-state index in [9.17, 15) is 18.3 Å². The predicted molar refractivity (Wildman–Crippen MR) is 88.2 cm³/mol. The van der Waals surface area contributed by atoms with Crippen molar-refractivity contribution >= 4 is 21.7 Å². The van der Waals surface area contributed by atoms with Gasteiger partial charge in [0.2, 0.25) is 10.0 Å². The molecule has 0 heterocycles. The van der Waals surface area contributed by atoms with Gasteiger partial charge in [-0.05, 0) is 36.6 Å². The third-order valence-electron chi connectivity index (χ3n) is 3.34. The maximum absolute atomic E-state index is 11.9. The Morgan fingerprint density at radius 1 is 1.22 bits per heavy atom. The lowest BCUT2D eigenvalue weighted by atomic mass is 10.0. The summed E-state index contributed by atoms with van der Waals surface area (Å²) in [7, 11) is -4.03. The van der Waals surface area contributed by atoms with Gasteiger partial charge in [-0.1, -0.05) is 30.3 Å². The summed E-state index contributed by atoms with van der Waals surface area (Å²) in [5, 5.41) is 17.5. The van der Waals surface area contributed by atoms with Crippen molar-refractivity contribution in [3.05, 3.63) is 59.2 Å². The molecular weight excluding hydrogens is 316 g/mol. The number of nitrogens with one attached hydrogen (secondary N) is 1. The van der Waals surface area contributed by atoms with Crippen LogP contribution in [0.1, 0.15) is 28.4 Å². The van der Waals surface area contributed by atoms with E-state index in [1.54, 1.807) is 6.07 Å². The fraction of sp³-hybridized carbons (Fsp3) is 0.188. The molecular formula is C16H18N2O4S. The number of hydrogen-bond donors (Lipinski definition) is 3. The first-order chi connectivity index (χ1) is 10.8. The van der Waals surface area contributed by atoms with Crippen LogP contribution in [0.5, 0.6) is 0 Å². The number of aromatic carboxylic acids is 1. The van der Waals surface area contributed by atoms with Crippen LogP contribution < -0.4 is 10.5 Å². The Balaban J connectivity index is 2.62. The summed E-state index contributed by atoms with van der Waals surface area (Å²) in [6.07, 6.45) is 0.338. The molecule has 122 valence electrons. The minimum atomic E-state index is -4.03. The Bertz CT molecular complexity index is 817. The Morgan fingerprint density at radius 3 is 2.39 bits per heavy atom. The van der Waals surface area contributed by atoms with Crippen molar-refractivity contribution in [2.75, 3.05) is 11.9 Å². The van der Waals surface area contributed by atoms with Crippen LogP contribution in [0.4, 0.5) is 5.69 Å². The largest absolute Gasteiger partial charge is 0.478 e. The third kappa shape index (κ3) is 4.08. The van der Waals surface area contributed by atoms with Gasteiger partial charge < -0.3 is 10.4 Å². The van der Waals surface area contributed by atoms with Crippen molar-refractivity contribution in [3.63, 3.8) is 0 Å². The molecule has 0 spiro atoms. The van der Waals surface area contributed by atoms with Crippen molar-refractivity contribution in [1.82, 2.24) is 0 Å². The van der Waals surface area contributed by atoms with E-state index in [0.29, 0.717) is 24.2 Å². The van der Waals surface area contributed by atoms with Gasteiger partial charge in [0.15, 0.2) is 0 Å². The van der Waals surface area contributed by atoms with Gasteiger partial charge in [0, 0.05) is 12.2 Å². The second-order valence-electron chi connectivity index (χ2n) is 5.05. The Morgan fingerprint density at radius 2 is 1.87 bits per heavy atom. The molecule has 4 N–H and O–H groups in total. The first kappa shape index (κ1) is 17.0. The standard InChI is InChI=1S/C16H18N2O4S/c1-2-18-14-9-12(8-11-6-4-3-5-7-11)15(23(17,21)22)10-13(14)16(19)20/h3-7,9-10,18H,2,8H2,1H3,(H,19,20)(H2,17,21,22). The highest BCUT2D eigenvalue weighted by atomic mass is 32.2. The summed E-state index contributed by atoms with van der Waals surface area (Å²) >= 11 is 0. The van der Waals surface area contributed by atoms with E-state index >= 15 is 0 Å². The predicted octanol–water partition coefficient (Wildman–Crippen LogP) is 2.05. The quantitative estimate of drug-likeness (QED) is 0.749. The topological polar surface area (TPSA) is 109 Å². The molecule has 0 aromatic heterocycles. The summed E-state index contributed by atoms with van der Waals surface area (Å²) in [6.45, 7) is 2.34. The molecule has 0 aliphatic rings. The maximum Gasteiger partial charge on any atom is 0.337 e. The van der Waals surface area contributed by atoms with E-state index in [1.807, 2.05) is 37.3 Å². The second-order valence-corrected chi connectivity index (χ2v) is 6.58. The normalized spacial score (nSPS) is 11.2. The van der Waals surface area contributed by atoms with Crippen molar-refractivity contribution in [2.45, 2.75) is 18.2 Å². The molecule has 0 atom stereocenters. The molecule has 0 saturated carbocycles. The highest BCUT2D eigenvalue weighted by Gasteiger charge is 2.21. The Kier molecular flexibility index (Phi) is 5.02. The van der Waals surface area contributed by atoms with E-state index in [0.717, 1.165) is 11.6 Å². The van der Waals surface area contributed by atoms with Crippen molar-refractivity contribution in [2.24, 2.45) is 5.14 Å². The van der Waals surface area contributed by atoms with Crippen LogP contribution in [0.2, 0.25) is 0 Å². The van der Waals surface area contributed by atoms with E-state index in [1.165, 1.54) is 0 Å². The third-order valence-corrected chi connectivity index (χ3v) is 4.34. The first-order valence-electron chi connectivity index (χ1n) is 7.03. The molecule has 0 aliphatic heterocycles. The van der Waals surface area contributed by atoms with Gasteiger partial charge in [0.05, 0.1) is 10.5 Å². The average Bonchev–Trinajstić information content (AvgIpc) is 2.47. The Labute approximate surface area is 135 Å². The van der Waals surface area contributed by atoms with Crippen LogP contribution in [0.25, 0.3) is 0 Å². The van der Waals surface area contributed by atoms with Crippen LogP contribution in [0, 0.1) is 0 Å². The highest BCUT2D eigenvalue weighted by Crippen LogP contribution is 2.26. The summed E-state index contributed by atoms with van der Waals surface area (Å²) in [6, 6.07) is 12.0. The Hall–Kier alpha value is -2.38. The fourth-order valence-corrected chi connectivity index (χ4v) is 3.14. The lowest BCUT2D eigenvalue weighted by molar-refractivity contribution is 0.0697. The molecule has 7 heteroatoms. The molecule has 0 aliphatic carbocycles. The van der Waals surface area contributed by atoms with Gasteiger partial charge in [-0.15, -0.1) is 0 Å². The molecule has 0 bridgehead atoms. The van der Waals surface area contributed by atoms with Crippen LogP contribution >= 0.6 is 0 Å². The molecule has 6 nitrogen and oxygen atoms in total. The summed E-state index contributed by atoms with van der Waals surface area (Å²) < 4.78 is 23.7. The number of sulfonamides is 1. The average molecular weight is 334 g/mol. The molecule has 0 unspecified atom stereocenters. The number of carbonyl (C=O) groups is 1. The number of hydrogen-bond acceptors (Lipinski definition) is 4. The summed E-state index contributed by atoms with van der Waals surface area (Å²) in [5.41, 5.74) is 1.62. The molecule has 23 heavy (non-hydrogen) atoms. The molecule has 2 rings (SSSR count). The zero-order valence-corrected chi connectivity index (χ0v) is 13.4. The maximum atomic E-state index is 11.9. The number of rotatable bonds is 6. The lowest BCUT2D eigenvalue weighted by Crippen LogP contribution is -2.17. The summed E-state index contributed by atoms with van der Waals surface area (Å²) in [5.74, 6) is -1.21. The zero-order valence-electron chi connectivity index (χ0n) is 12.6. The van der Waals surface area contributed by atoms with Gasteiger partial charge in [0.25, 0.3) is 0 Å². The smallest absolute Gasteiger partial charge is 0.337 e. The van der Waals surface area contributed by atoms with Crippen molar-refractivity contribution in [3.8, 4) is 0 Å². The molecule has 0 amide bonds. The van der Waals surface area contributed by atoms with Crippen molar-refractivity contribution in [1.29, 1.82) is 0 Å². The van der Waals surface area contributed by atoms with Gasteiger partial charge in [-0.25, -0.2) is 18.4 Å². The molecule has 0 fully saturated rings. The summed E-state index contributed by atoms with van der Waals surface area (Å²) in [4.78, 5) is 11.2. The molecule has 2 aromatic carbocycles. The monoisotopic (exact) mass is 334 g/mol. The van der Waals surface area contributed by atoms with E-state index in [2.05, 4.69) is 5.32 Å². The molecule has 0 saturated heterocycles. The number of nitrogens with two attached hydrogens (primary N) is 1. The fourth-order valence-electron chi connectivity index (χ4n) is 2.36. The number of primary sulfonamides is 1. The number of benzene rings is 2. The van der Waals surface area contributed by atoms with Crippen molar-refractivity contribution < 1.29 is 18.3 Å². The number of anilines is 1. The molecule has 2 aromatic rings. The van der Waals surface area contributed by atoms with Gasteiger partial charge in [-0.3, -0.25) is 0 Å². The van der Waals surface area contributed by atoms with Gasteiger partial charge in [-0.2, -0.15) is 0 Å². The van der Waals surface area contributed by atoms with Crippen LogP contribution in [0.3, 0.4) is 0 Å². The zero-order chi connectivity index (χ0) is 17.0. The van der Waals surface area contributed by atoms with Crippen LogP contribution in [0.15, 0.2) is 47.4 Å². The molecule has 0 radical (unpaired) electrons. The van der Waals surface area contributed by atoms with E-state index in [-0.39, 0.29) is 10.5 Å². The van der Waals surface area contributed by atoms with Gasteiger partial charge >= 0.3 is 5.97 Å². The lowest BCUT2D eigenvalue weighted by Gasteiger charge is -2.14. The van der Waals surface area contributed by atoms with E-state index < -0.39 is 16.0 Å².